The van der Waals surface area contributed by atoms with Gasteiger partial charge < -0.3 is 5.11 Å². The lowest BCUT2D eigenvalue weighted by Gasteiger charge is -2.09. The van der Waals surface area contributed by atoms with Crippen LogP contribution in [0.1, 0.15) is 20.8 Å². The Morgan fingerprint density at radius 2 is 2.09 bits per heavy atom. The summed E-state index contributed by atoms with van der Waals surface area (Å²) in [5, 5.41) is 10.0. The average Bonchev–Trinajstić information content (AvgIpc) is 2.26. The lowest BCUT2D eigenvalue weighted by molar-refractivity contribution is 0.153. The van der Waals surface area contributed by atoms with Gasteiger partial charge in [0.1, 0.15) is 0 Å². The fraction of sp³-hybridized carbons (Fsp3) is 0.600. The minimum absolute atomic E-state index is 0.0568. The highest BCUT2D eigenvalue weighted by molar-refractivity contribution is 5.42. The molecule has 0 radical (unpaired) electrons. The van der Waals surface area contributed by atoms with E-state index < -0.39 is 5.60 Å². The van der Waals surface area contributed by atoms with Crippen molar-refractivity contribution in [3.63, 3.8) is 0 Å². The molecule has 0 heterocycles. The molecule has 60 valence electrons. The van der Waals surface area contributed by atoms with Crippen LogP contribution in [0.5, 0.6) is 0 Å². The van der Waals surface area contributed by atoms with Gasteiger partial charge in [-0.15, -0.1) is 0 Å². The topological polar surface area (TPSA) is 20.2 Å². The van der Waals surface area contributed by atoms with E-state index in [-0.39, 0.29) is 5.41 Å². The number of rotatable bonds is 0. The second kappa shape index (κ2) is 1.61. The van der Waals surface area contributed by atoms with E-state index in [1.807, 2.05) is 13.0 Å². The smallest absolute Gasteiger partial charge is 0.0959 e. The molecule has 0 amide bonds. The van der Waals surface area contributed by atoms with Gasteiger partial charge in [-0.3, -0.25) is 0 Å². The maximum atomic E-state index is 10.0. The second-order valence-corrected chi connectivity index (χ2v) is 4.27. The van der Waals surface area contributed by atoms with Crippen molar-refractivity contribution in [2.24, 2.45) is 11.3 Å². The van der Waals surface area contributed by atoms with Crippen molar-refractivity contribution in [1.82, 2.24) is 0 Å². The molecule has 1 nitrogen and oxygen atoms in total. The molecular weight excluding hydrogens is 136 g/mol. The van der Waals surface area contributed by atoms with Gasteiger partial charge in [0.2, 0.25) is 0 Å². The van der Waals surface area contributed by atoms with Crippen LogP contribution >= 0.6 is 0 Å². The van der Waals surface area contributed by atoms with Gasteiger partial charge in [0.05, 0.1) is 5.60 Å². The van der Waals surface area contributed by atoms with Crippen LogP contribution in [-0.4, -0.2) is 10.7 Å². The van der Waals surface area contributed by atoms with Crippen LogP contribution in [0.25, 0.3) is 0 Å². The third-order valence-corrected chi connectivity index (χ3v) is 3.20. The highest BCUT2D eigenvalue weighted by atomic mass is 16.3. The largest absolute Gasteiger partial charge is 0.385 e. The summed E-state index contributed by atoms with van der Waals surface area (Å²) in [6.07, 6.45) is 6.20. The van der Waals surface area contributed by atoms with Crippen molar-refractivity contribution < 1.29 is 5.11 Å². The Balaban J connectivity index is 2.41. The molecule has 0 saturated heterocycles. The summed E-state index contributed by atoms with van der Waals surface area (Å²) in [7, 11) is 0. The van der Waals surface area contributed by atoms with E-state index in [1.165, 1.54) is 5.57 Å². The second-order valence-electron chi connectivity index (χ2n) is 4.27. The lowest BCUT2D eigenvalue weighted by Crippen LogP contribution is -2.13. The van der Waals surface area contributed by atoms with Crippen molar-refractivity contribution in [3.05, 3.63) is 23.8 Å². The Hall–Kier alpha value is -0.560. The molecule has 11 heavy (non-hydrogen) atoms. The zero-order valence-corrected chi connectivity index (χ0v) is 7.26. The van der Waals surface area contributed by atoms with Gasteiger partial charge in [0.15, 0.2) is 0 Å². The molecular formula is C10H14O. The molecule has 1 heteroatoms. The molecule has 1 saturated carbocycles. The molecule has 0 aliphatic heterocycles. The number of hydrogen-bond acceptors (Lipinski definition) is 1. The fourth-order valence-corrected chi connectivity index (χ4v) is 2.12. The van der Waals surface area contributed by atoms with Gasteiger partial charge in [-0.05, 0) is 13.0 Å². The van der Waals surface area contributed by atoms with Gasteiger partial charge in [-0.1, -0.05) is 31.6 Å². The molecule has 0 bridgehead atoms. The summed E-state index contributed by atoms with van der Waals surface area (Å²) in [5.41, 5.74) is 0.696. The average molecular weight is 150 g/mol. The summed E-state index contributed by atoms with van der Waals surface area (Å²) in [6, 6.07) is 0. The molecule has 2 atom stereocenters. The molecule has 1 fully saturated rings. The first-order chi connectivity index (χ1) is 4.98. The first-order valence-electron chi connectivity index (χ1n) is 4.08. The SMILES string of the molecule is CC1=CC2(O)C(C=C1)C2(C)C. The maximum absolute atomic E-state index is 10.0. The molecule has 2 rings (SSSR count). The van der Waals surface area contributed by atoms with Crippen molar-refractivity contribution in [2.45, 2.75) is 26.4 Å². The zero-order valence-electron chi connectivity index (χ0n) is 7.26. The lowest BCUT2D eigenvalue weighted by atomic mass is 10.0. The molecule has 1 N–H and O–H groups in total. The van der Waals surface area contributed by atoms with E-state index in [0.717, 1.165) is 0 Å². The summed E-state index contributed by atoms with van der Waals surface area (Å²) < 4.78 is 0. The van der Waals surface area contributed by atoms with E-state index in [1.54, 1.807) is 0 Å². The Labute approximate surface area is 67.4 Å². The molecule has 2 aliphatic rings. The van der Waals surface area contributed by atoms with E-state index in [9.17, 15) is 5.11 Å². The Bertz CT molecular complexity index is 260. The molecule has 0 aromatic rings. The highest BCUT2D eigenvalue weighted by Gasteiger charge is 2.68. The van der Waals surface area contributed by atoms with E-state index in [2.05, 4.69) is 26.0 Å². The Morgan fingerprint density at radius 3 is 2.55 bits per heavy atom. The van der Waals surface area contributed by atoms with E-state index in [0.29, 0.717) is 5.92 Å². The summed E-state index contributed by atoms with van der Waals surface area (Å²) in [6.45, 7) is 6.24. The first-order valence-corrected chi connectivity index (χ1v) is 4.08. The van der Waals surface area contributed by atoms with Gasteiger partial charge in [0, 0.05) is 11.3 Å². The van der Waals surface area contributed by atoms with E-state index in [4.69, 9.17) is 0 Å². The van der Waals surface area contributed by atoms with Crippen LogP contribution in [0, 0.1) is 11.3 Å². The minimum atomic E-state index is -0.536. The predicted octanol–water partition coefficient (Wildman–Crippen LogP) is 1.89. The number of allylic oxidation sites excluding steroid dienone is 2. The normalized spacial score (nSPS) is 44.7. The monoisotopic (exact) mass is 150 g/mol. The quantitative estimate of drug-likeness (QED) is 0.559. The highest BCUT2D eigenvalue weighted by Crippen LogP contribution is 2.64. The summed E-state index contributed by atoms with van der Waals surface area (Å²) in [4.78, 5) is 0. The van der Waals surface area contributed by atoms with Gasteiger partial charge in [-0.25, -0.2) is 0 Å². The van der Waals surface area contributed by atoms with Gasteiger partial charge in [0.25, 0.3) is 0 Å². The predicted molar refractivity (Wildman–Crippen MR) is 45.1 cm³/mol. The molecule has 0 aromatic carbocycles. The van der Waals surface area contributed by atoms with Crippen molar-refractivity contribution in [3.8, 4) is 0 Å². The Morgan fingerprint density at radius 1 is 1.45 bits per heavy atom. The molecule has 2 aliphatic carbocycles. The van der Waals surface area contributed by atoms with Crippen LogP contribution < -0.4 is 0 Å². The minimum Gasteiger partial charge on any atom is -0.385 e. The van der Waals surface area contributed by atoms with Gasteiger partial charge >= 0.3 is 0 Å². The van der Waals surface area contributed by atoms with Crippen LogP contribution in [0.2, 0.25) is 0 Å². The third-order valence-electron chi connectivity index (χ3n) is 3.20. The van der Waals surface area contributed by atoms with E-state index >= 15 is 0 Å². The van der Waals surface area contributed by atoms with Gasteiger partial charge in [-0.2, -0.15) is 0 Å². The zero-order chi connectivity index (χ0) is 8.28. The van der Waals surface area contributed by atoms with Crippen LogP contribution in [0.15, 0.2) is 23.8 Å². The van der Waals surface area contributed by atoms with Crippen molar-refractivity contribution >= 4 is 0 Å². The van der Waals surface area contributed by atoms with Crippen LogP contribution in [0.3, 0.4) is 0 Å². The molecule has 0 spiro atoms. The third kappa shape index (κ3) is 0.646. The summed E-state index contributed by atoms with van der Waals surface area (Å²) in [5.74, 6) is 0.346. The molecule has 0 aromatic heterocycles. The van der Waals surface area contributed by atoms with Crippen molar-refractivity contribution in [2.75, 3.05) is 0 Å². The van der Waals surface area contributed by atoms with Crippen LogP contribution in [-0.2, 0) is 0 Å². The standard InChI is InChI=1S/C10H14O/c1-7-4-5-8-9(2,3)10(8,11)6-7/h4-6,8,11H,1-3H3. The summed E-state index contributed by atoms with van der Waals surface area (Å²) >= 11 is 0. The van der Waals surface area contributed by atoms with Crippen molar-refractivity contribution in [1.29, 1.82) is 0 Å². The van der Waals surface area contributed by atoms with Crippen LogP contribution in [0.4, 0.5) is 0 Å². The number of fused-ring (bicyclic) bond motifs is 1. The maximum Gasteiger partial charge on any atom is 0.0959 e. The fourth-order valence-electron chi connectivity index (χ4n) is 2.12. The molecule has 2 unspecified atom stereocenters. The number of aliphatic hydroxyl groups is 1. The number of hydrogen-bond donors (Lipinski definition) is 1. The Kier molecular flexibility index (Phi) is 1.04. The first kappa shape index (κ1) is 7.11.